The van der Waals surface area contributed by atoms with E-state index in [0.29, 0.717) is 0 Å². The van der Waals surface area contributed by atoms with E-state index in [1.54, 1.807) is 0 Å². The van der Waals surface area contributed by atoms with Gasteiger partial charge in [0.2, 0.25) is 0 Å². The van der Waals surface area contributed by atoms with E-state index < -0.39 is 0 Å². The van der Waals surface area contributed by atoms with Gasteiger partial charge in [0.05, 0.1) is 0 Å². The Balaban J connectivity index is 2.26. The van der Waals surface area contributed by atoms with Crippen molar-refractivity contribution < 1.29 is 0 Å². The van der Waals surface area contributed by atoms with Crippen molar-refractivity contribution in [3.05, 3.63) is 54.0 Å². The molecule has 0 heteroatoms. The lowest BCUT2D eigenvalue weighted by Gasteiger charge is -2.16. The molecule has 1 radical (unpaired) electrons. The molecule has 1 aromatic carbocycles. The van der Waals surface area contributed by atoms with Crippen LogP contribution in [0.15, 0.2) is 42.5 Å². The first-order valence-corrected chi connectivity index (χ1v) is 3.54. The topological polar surface area (TPSA) is 0 Å². The van der Waals surface area contributed by atoms with E-state index >= 15 is 0 Å². The van der Waals surface area contributed by atoms with Crippen molar-refractivity contribution in [1.29, 1.82) is 0 Å². The molecule has 1 aliphatic carbocycles. The fourth-order valence-corrected chi connectivity index (χ4v) is 1.10. The molecule has 0 saturated heterocycles. The zero-order chi connectivity index (χ0) is 6.81. The Morgan fingerprint density at radius 3 is 2.20 bits per heavy atom. The van der Waals surface area contributed by atoms with Crippen molar-refractivity contribution in [1.82, 2.24) is 0 Å². The van der Waals surface area contributed by atoms with E-state index in [1.807, 2.05) is 6.07 Å². The standard InChI is InChI=1S/C10H9/c1-2-5-9(6-3-1)10-7-4-8-10/h1-7H,8H2. The van der Waals surface area contributed by atoms with Crippen LogP contribution in [0.1, 0.15) is 12.0 Å². The van der Waals surface area contributed by atoms with Gasteiger partial charge in [0.15, 0.2) is 0 Å². The van der Waals surface area contributed by atoms with Crippen molar-refractivity contribution in [3.8, 4) is 0 Å². The van der Waals surface area contributed by atoms with Crippen LogP contribution in [0.5, 0.6) is 0 Å². The SMILES string of the molecule is C1=C[C](c2ccccc2)C1. The quantitative estimate of drug-likeness (QED) is 0.546. The van der Waals surface area contributed by atoms with Gasteiger partial charge in [0.1, 0.15) is 0 Å². The summed E-state index contributed by atoms with van der Waals surface area (Å²) in [6, 6.07) is 10.5. The Morgan fingerprint density at radius 1 is 1.00 bits per heavy atom. The van der Waals surface area contributed by atoms with Crippen molar-refractivity contribution in [2.45, 2.75) is 6.42 Å². The van der Waals surface area contributed by atoms with Gasteiger partial charge in [-0.2, -0.15) is 0 Å². The number of hydrogen-bond donors (Lipinski definition) is 0. The number of benzene rings is 1. The molecule has 0 nitrogen and oxygen atoms in total. The minimum atomic E-state index is 1.14. The fraction of sp³-hybridized carbons (Fsp3) is 0.100. The molecular formula is C10H9. The summed E-state index contributed by atoms with van der Waals surface area (Å²) in [7, 11) is 0. The van der Waals surface area contributed by atoms with E-state index in [9.17, 15) is 0 Å². The second-order valence-corrected chi connectivity index (χ2v) is 2.50. The van der Waals surface area contributed by atoms with Gasteiger partial charge in [0, 0.05) is 5.92 Å². The second kappa shape index (κ2) is 2.30. The molecule has 0 N–H and O–H groups in total. The summed E-state index contributed by atoms with van der Waals surface area (Å²) in [5.41, 5.74) is 1.37. The second-order valence-electron chi connectivity index (χ2n) is 2.50. The van der Waals surface area contributed by atoms with E-state index in [0.717, 1.165) is 6.42 Å². The highest BCUT2D eigenvalue weighted by Crippen LogP contribution is 2.26. The lowest BCUT2D eigenvalue weighted by molar-refractivity contribution is 1.03. The van der Waals surface area contributed by atoms with Crippen molar-refractivity contribution in [2.75, 3.05) is 0 Å². The first-order valence-electron chi connectivity index (χ1n) is 3.54. The summed E-state index contributed by atoms with van der Waals surface area (Å²) in [5, 5.41) is 0. The smallest absolute Gasteiger partial charge is 0.0301 e. The number of allylic oxidation sites excluding steroid dienone is 2. The minimum absolute atomic E-state index is 1.14. The third-order valence-corrected chi connectivity index (χ3v) is 1.80. The highest BCUT2D eigenvalue weighted by Gasteiger charge is 2.11. The van der Waals surface area contributed by atoms with E-state index in [2.05, 4.69) is 36.4 Å². The van der Waals surface area contributed by atoms with E-state index in [-0.39, 0.29) is 0 Å². The maximum atomic E-state index is 2.18. The summed E-state index contributed by atoms with van der Waals surface area (Å²) in [6.45, 7) is 0. The number of hydrogen-bond acceptors (Lipinski definition) is 0. The Kier molecular flexibility index (Phi) is 1.31. The van der Waals surface area contributed by atoms with Crippen LogP contribution >= 0.6 is 0 Å². The summed E-state index contributed by atoms with van der Waals surface area (Å²) in [6.07, 6.45) is 5.50. The van der Waals surface area contributed by atoms with Crippen LogP contribution in [-0.4, -0.2) is 0 Å². The molecule has 0 bridgehead atoms. The first kappa shape index (κ1) is 5.72. The van der Waals surface area contributed by atoms with Crippen LogP contribution in [0.3, 0.4) is 0 Å². The van der Waals surface area contributed by atoms with Crippen LogP contribution in [0.25, 0.3) is 0 Å². The van der Waals surface area contributed by atoms with Crippen molar-refractivity contribution >= 4 is 0 Å². The van der Waals surface area contributed by atoms with Gasteiger partial charge in [-0.05, 0) is 12.0 Å². The Hall–Kier alpha value is -1.04. The molecule has 49 valence electrons. The Morgan fingerprint density at radius 2 is 1.70 bits per heavy atom. The maximum absolute atomic E-state index is 2.18. The summed E-state index contributed by atoms with van der Waals surface area (Å²) < 4.78 is 0. The molecule has 1 aliphatic rings. The van der Waals surface area contributed by atoms with Gasteiger partial charge < -0.3 is 0 Å². The molecular weight excluding hydrogens is 120 g/mol. The van der Waals surface area contributed by atoms with Crippen LogP contribution in [0.2, 0.25) is 0 Å². The molecule has 0 fully saturated rings. The predicted octanol–water partition coefficient (Wildman–Crippen LogP) is 2.57. The van der Waals surface area contributed by atoms with Crippen LogP contribution < -0.4 is 0 Å². The van der Waals surface area contributed by atoms with E-state index in [1.165, 1.54) is 11.5 Å². The predicted molar refractivity (Wildman–Crippen MR) is 42.5 cm³/mol. The normalized spacial score (nSPS) is 16.8. The molecule has 0 atom stereocenters. The van der Waals surface area contributed by atoms with Gasteiger partial charge in [0.25, 0.3) is 0 Å². The van der Waals surface area contributed by atoms with Gasteiger partial charge in [-0.25, -0.2) is 0 Å². The monoisotopic (exact) mass is 129 g/mol. The molecule has 0 unspecified atom stereocenters. The summed E-state index contributed by atoms with van der Waals surface area (Å²) >= 11 is 0. The third-order valence-electron chi connectivity index (χ3n) is 1.80. The molecule has 0 amide bonds. The van der Waals surface area contributed by atoms with Crippen LogP contribution in [-0.2, 0) is 0 Å². The summed E-state index contributed by atoms with van der Waals surface area (Å²) in [4.78, 5) is 0. The third kappa shape index (κ3) is 0.860. The molecule has 1 aromatic rings. The van der Waals surface area contributed by atoms with Crippen LogP contribution in [0, 0.1) is 5.92 Å². The van der Waals surface area contributed by atoms with Gasteiger partial charge >= 0.3 is 0 Å². The highest BCUT2D eigenvalue weighted by molar-refractivity contribution is 5.43. The highest BCUT2D eigenvalue weighted by atomic mass is 14.1. The Bertz CT molecular complexity index is 233. The zero-order valence-corrected chi connectivity index (χ0v) is 5.75. The summed E-state index contributed by atoms with van der Waals surface area (Å²) in [5.74, 6) is 1.46. The van der Waals surface area contributed by atoms with Gasteiger partial charge in [-0.3, -0.25) is 0 Å². The van der Waals surface area contributed by atoms with Gasteiger partial charge in [-0.1, -0.05) is 42.5 Å². The van der Waals surface area contributed by atoms with Crippen molar-refractivity contribution in [2.24, 2.45) is 0 Å². The molecule has 0 aromatic heterocycles. The lowest BCUT2D eigenvalue weighted by atomic mass is 9.88. The maximum Gasteiger partial charge on any atom is 0.0301 e. The van der Waals surface area contributed by atoms with E-state index in [4.69, 9.17) is 0 Å². The van der Waals surface area contributed by atoms with Crippen LogP contribution in [0.4, 0.5) is 0 Å². The minimum Gasteiger partial charge on any atom is -0.0863 e. The fourth-order valence-electron chi connectivity index (χ4n) is 1.10. The lowest BCUT2D eigenvalue weighted by Crippen LogP contribution is -2.00. The molecule has 0 spiro atoms. The largest absolute Gasteiger partial charge is 0.0863 e. The zero-order valence-electron chi connectivity index (χ0n) is 5.75. The molecule has 10 heavy (non-hydrogen) atoms. The first-order chi connectivity index (χ1) is 4.97. The average molecular weight is 129 g/mol. The average Bonchev–Trinajstić information content (AvgIpc) is 1.86. The molecule has 0 saturated carbocycles. The molecule has 0 aliphatic heterocycles. The van der Waals surface area contributed by atoms with Gasteiger partial charge in [-0.15, -0.1) is 0 Å². The molecule has 2 rings (SSSR count). The molecule has 0 heterocycles. The number of rotatable bonds is 1. The van der Waals surface area contributed by atoms with Crippen molar-refractivity contribution in [3.63, 3.8) is 0 Å². The Labute approximate surface area is 61.2 Å².